The Kier molecular flexibility index (Phi) is 37.5. The van der Waals surface area contributed by atoms with Gasteiger partial charge in [-0.15, -0.1) is 13.2 Å². The van der Waals surface area contributed by atoms with Crippen molar-refractivity contribution >= 4 is 0 Å². The van der Waals surface area contributed by atoms with Gasteiger partial charge in [-0.25, -0.2) is 0 Å². The monoisotopic (exact) mass is 1170 g/mol. The summed E-state index contributed by atoms with van der Waals surface area (Å²) in [6.45, 7) is 39.1. The fourth-order valence-electron chi connectivity index (χ4n) is 7.52. The number of epoxide rings is 6. The molecule has 0 N–H and O–H groups in total. The second kappa shape index (κ2) is 43.6. The van der Waals surface area contributed by atoms with Gasteiger partial charge in [0.1, 0.15) is 37.1 Å². The SMILES string of the molecule is C.C=CCN(CC=C)CC1CO1.C=COCCOCC1CO1.CC(OCCOCc1ccccc1)OCC1CO1.CC1(C)OCC(COCC2CO2)O1.CCCOC(C)OCC1CO1.c1ccc(CN(Cc2ccccc2)CC2CO2)cc1. The molecule has 0 bridgehead atoms. The third kappa shape index (κ3) is 40.1. The highest BCUT2D eigenvalue weighted by Crippen LogP contribution is 2.23. The lowest BCUT2D eigenvalue weighted by atomic mass is 10.1. The first-order chi connectivity index (χ1) is 40.0. The van der Waals surface area contributed by atoms with Crippen molar-refractivity contribution in [1.82, 2.24) is 9.80 Å². The van der Waals surface area contributed by atoms with Crippen molar-refractivity contribution in [1.29, 1.82) is 0 Å². The van der Waals surface area contributed by atoms with E-state index in [1.807, 2.05) is 70.2 Å². The molecule has 0 aliphatic carbocycles. The van der Waals surface area contributed by atoms with Gasteiger partial charge in [0.2, 0.25) is 0 Å². The smallest absolute Gasteiger partial charge is 0.163 e. The average Bonchev–Trinajstić information content (AvgIpc) is 4.27. The molecule has 0 radical (unpaired) electrons. The van der Waals surface area contributed by atoms with Crippen LogP contribution in [0.5, 0.6) is 0 Å². The Morgan fingerprint density at radius 2 is 0.916 bits per heavy atom. The van der Waals surface area contributed by atoms with E-state index in [1.165, 1.54) is 23.0 Å². The number of hydrogen-bond donors (Lipinski definition) is 0. The minimum absolute atomic E-state index is 0. The van der Waals surface area contributed by atoms with Gasteiger partial charge in [0, 0.05) is 45.9 Å². The van der Waals surface area contributed by atoms with E-state index in [-0.39, 0.29) is 32.2 Å². The van der Waals surface area contributed by atoms with Gasteiger partial charge in [0.25, 0.3) is 0 Å². The van der Waals surface area contributed by atoms with Crippen LogP contribution in [0.1, 0.15) is 65.2 Å². The van der Waals surface area contributed by atoms with Crippen LogP contribution in [0.2, 0.25) is 0 Å². The zero-order valence-corrected chi connectivity index (χ0v) is 49.8. The molecule has 7 aliphatic heterocycles. The fraction of sp³-hybridized carbons (Fsp3) is 0.631. The Morgan fingerprint density at radius 1 is 0.494 bits per heavy atom. The molecule has 18 heteroatoms. The molecule has 0 spiro atoms. The maximum Gasteiger partial charge on any atom is 0.163 e. The molecule has 7 fully saturated rings. The van der Waals surface area contributed by atoms with Crippen LogP contribution in [0.4, 0.5) is 0 Å². The molecule has 18 nitrogen and oxygen atoms in total. The Balaban J connectivity index is 0.000000217. The van der Waals surface area contributed by atoms with Gasteiger partial charge in [-0.2, -0.15) is 0 Å². The van der Waals surface area contributed by atoms with E-state index >= 15 is 0 Å². The molecule has 0 amide bonds. The molecule has 3 aromatic carbocycles. The average molecular weight is 1170 g/mol. The van der Waals surface area contributed by atoms with Crippen molar-refractivity contribution < 1.29 is 75.8 Å². The Labute approximate surface area is 497 Å². The maximum atomic E-state index is 5.56. The molecule has 7 heterocycles. The van der Waals surface area contributed by atoms with Crippen LogP contribution in [0.15, 0.2) is 129 Å². The first kappa shape index (κ1) is 71.5. The van der Waals surface area contributed by atoms with Gasteiger partial charge < -0.3 is 75.8 Å². The normalized spacial score (nSPS) is 22.9. The van der Waals surface area contributed by atoms with Crippen molar-refractivity contribution in [3.05, 3.63) is 146 Å². The lowest BCUT2D eigenvalue weighted by molar-refractivity contribution is -0.145. The molecule has 7 aliphatic rings. The van der Waals surface area contributed by atoms with Crippen molar-refractivity contribution in [3.8, 4) is 0 Å². The highest BCUT2D eigenvalue weighted by molar-refractivity contribution is 5.17. The van der Waals surface area contributed by atoms with Crippen LogP contribution >= 0.6 is 0 Å². The number of benzene rings is 3. The molecule has 0 aromatic heterocycles. The minimum atomic E-state index is -0.440. The van der Waals surface area contributed by atoms with E-state index in [4.69, 9.17) is 75.8 Å². The number of nitrogens with zero attached hydrogens (tertiary/aromatic N) is 2. The van der Waals surface area contributed by atoms with Gasteiger partial charge in [-0.1, -0.05) is 124 Å². The van der Waals surface area contributed by atoms with Crippen molar-refractivity contribution in [2.45, 2.75) is 129 Å². The molecule has 9 atom stereocenters. The first-order valence-corrected chi connectivity index (χ1v) is 29.2. The van der Waals surface area contributed by atoms with Gasteiger partial charge in [-0.05, 0) is 50.8 Å². The largest absolute Gasteiger partial charge is 0.499 e. The summed E-state index contributed by atoms with van der Waals surface area (Å²) in [7, 11) is 0. The van der Waals surface area contributed by atoms with Crippen LogP contribution in [-0.2, 0) is 95.5 Å². The molecular weight excluding hydrogens is 1060 g/mol. The van der Waals surface area contributed by atoms with Crippen LogP contribution in [0.25, 0.3) is 0 Å². The topological polar surface area (TPSA) is 174 Å². The summed E-state index contributed by atoms with van der Waals surface area (Å²) < 4.78 is 83.8. The van der Waals surface area contributed by atoms with Crippen molar-refractivity contribution in [2.75, 3.05) is 138 Å². The van der Waals surface area contributed by atoms with Crippen LogP contribution in [-0.4, -0.2) is 209 Å². The maximum absolute atomic E-state index is 5.56. The summed E-state index contributed by atoms with van der Waals surface area (Å²) in [5, 5.41) is 0. The van der Waals surface area contributed by atoms with Crippen LogP contribution in [0.3, 0.4) is 0 Å². The predicted octanol–water partition coefficient (Wildman–Crippen LogP) is 9.05. The highest BCUT2D eigenvalue weighted by atomic mass is 16.8. The summed E-state index contributed by atoms with van der Waals surface area (Å²) in [5.41, 5.74) is 3.89. The summed E-state index contributed by atoms with van der Waals surface area (Å²) in [5.74, 6) is -0.440. The zero-order valence-electron chi connectivity index (χ0n) is 49.8. The van der Waals surface area contributed by atoms with Crippen molar-refractivity contribution in [3.63, 3.8) is 0 Å². The molecule has 0 saturated carbocycles. The standard InChI is InChI=1S/C17H19NO.C14H20O4.C9H15NO.C9H16O4.C8H16O3.C7H12O3.CH4/c1-3-7-15(8-4-1)11-18(13-17-14-19-17)12-16-9-5-2-6-10-16;1-12(17-10-14-11-18-14)16-8-7-15-9-13-5-3-2-4-6-13;1-3-5-10(6-4-2)7-9-8-11-9;1-9(2)12-6-8(13-9)4-10-3-7-5-11-7;1-3-4-9-7(2)10-5-8-6-11-8;1-2-8-3-4-9-5-7-6-10-7;/h1-10,17H,11-14H2;2-6,12,14H,7-11H2,1H3;3-4,9H,1-2,5-8H2;7-8H,3-6H2,1-2H3;7-8H,3-6H2,1-2H3;2,7H,1,3-6H2;1H4. The molecule has 9 unspecified atom stereocenters. The summed E-state index contributed by atoms with van der Waals surface area (Å²) >= 11 is 0. The van der Waals surface area contributed by atoms with E-state index < -0.39 is 5.79 Å². The fourth-order valence-corrected chi connectivity index (χ4v) is 7.52. The second-order valence-electron chi connectivity index (χ2n) is 20.9. The van der Waals surface area contributed by atoms with E-state index in [2.05, 4.69) is 97.1 Å². The second-order valence-corrected chi connectivity index (χ2v) is 20.9. The first-order valence-electron chi connectivity index (χ1n) is 29.2. The Morgan fingerprint density at radius 3 is 1.35 bits per heavy atom. The Hall–Kier alpha value is -4.00. The minimum Gasteiger partial charge on any atom is -0.499 e. The van der Waals surface area contributed by atoms with E-state index in [1.54, 1.807) is 0 Å². The molecular formula is C65H102N2O16. The third-order valence-electron chi connectivity index (χ3n) is 12.3. The molecule has 83 heavy (non-hydrogen) atoms. The number of rotatable bonds is 37. The van der Waals surface area contributed by atoms with E-state index in [9.17, 15) is 0 Å². The zero-order chi connectivity index (χ0) is 58.3. The summed E-state index contributed by atoms with van der Waals surface area (Å²) in [4.78, 5) is 4.72. The van der Waals surface area contributed by atoms with Gasteiger partial charge in [-0.3, -0.25) is 9.80 Å². The Bertz CT molecular complexity index is 1990. The van der Waals surface area contributed by atoms with Gasteiger partial charge in [0.05, 0.1) is 124 Å². The molecule has 3 aromatic rings. The highest BCUT2D eigenvalue weighted by Gasteiger charge is 2.33. The predicted molar refractivity (Wildman–Crippen MR) is 321 cm³/mol. The van der Waals surface area contributed by atoms with Gasteiger partial charge >= 0.3 is 0 Å². The van der Waals surface area contributed by atoms with Crippen LogP contribution in [0, 0.1) is 0 Å². The summed E-state index contributed by atoms with van der Waals surface area (Å²) in [6.07, 6.45) is 8.26. The quantitative estimate of drug-likeness (QED) is 0.0176. The number of ether oxygens (including phenoxy) is 16. The molecule has 468 valence electrons. The van der Waals surface area contributed by atoms with Gasteiger partial charge in [0.15, 0.2) is 18.4 Å². The third-order valence-corrected chi connectivity index (χ3v) is 12.3. The van der Waals surface area contributed by atoms with E-state index in [0.29, 0.717) is 103 Å². The lowest BCUT2D eigenvalue weighted by Crippen LogP contribution is -2.28. The van der Waals surface area contributed by atoms with Crippen LogP contribution < -0.4 is 0 Å². The van der Waals surface area contributed by atoms with Crippen molar-refractivity contribution in [2.24, 2.45) is 0 Å². The number of hydrogen-bond acceptors (Lipinski definition) is 18. The lowest BCUT2D eigenvalue weighted by Gasteiger charge is -2.21. The summed E-state index contributed by atoms with van der Waals surface area (Å²) in [6, 6.07) is 31.4. The molecule has 7 saturated heterocycles. The van der Waals surface area contributed by atoms with E-state index in [0.717, 1.165) is 91.9 Å². The molecule has 10 rings (SSSR count).